The standard InChI is InChI=1S/C38H40FN9O3/c1-24(2)51-33-9-5-27(20-40-33)35-30-19-28(6-8-32(30)42-43-35)48-17-13-38(37(48)50)12-16-46(22-38)21-34(49)47-14-10-25(11-15-47)26-4-7-29(31(39)18-26)36-41-23-45(3)44-36/h4-10,18-20,23-24H,11-17,21-22H2,1-3H3,(H,42,43)/t38-/m0/s1. The van der Waals surface area contributed by atoms with Gasteiger partial charge in [0, 0.05) is 62.1 Å². The Morgan fingerprint density at radius 1 is 1.04 bits per heavy atom. The van der Waals surface area contributed by atoms with Crippen molar-refractivity contribution in [1.29, 1.82) is 0 Å². The van der Waals surface area contributed by atoms with Crippen molar-refractivity contribution in [3.05, 3.63) is 78.5 Å². The van der Waals surface area contributed by atoms with Gasteiger partial charge in [0.1, 0.15) is 17.8 Å². The number of nitrogens with zero attached hydrogens (tertiary/aromatic N) is 8. The number of hydrogen-bond donors (Lipinski definition) is 1. The van der Waals surface area contributed by atoms with Gasteiger partial charge in [0.05, 0.1) is 29.1 Å². The van der Waals surface area contributed by atoms with Crippen LogP contribution in [0.2, 0.25) is 0 Å². The zero-order valence-corrected chi connectivity index (χ0v) is 29.0. The number of likely N-dealkylation sites (tertiary alicyclic amines) is 1. The quantitative estimate of drug-likeness (QED) is 0.239. The van der Waals surface area contributed by atoms with Crippen LogP contribution < -0.4 is 9.64 Å². The summed E-state index contributed by atoms with van der Waals surface area (Å²) in [5.41, 5.74) is 5.03. The third-order valence-corrected chi connectivity index (χ3v) is 10.3. The molecule has 0 bridgehead atoms. The Morgan fingerprint density at radius 3 is 2.61 bits per heavy atom. The van der Waals surface area contributed by atoms with E-state index in [0.717, 1.165) is 51.8 Å². The molecule has 2 aromatic carbocycles. The van der Waals surface area contributed by atoms with Crippen LogP contribution in [0.5, 0.6) is 5.88 Å². The summed E-state index contributed by atoms with van der Waals surface area (Å²) in [5.74, 6) is 0.700. The van der Waals surface area contributed by atoms with Crippen LogP contribution in [0.4, 0.5) is 10.1 Å². The number of H-pyrrole nitrogens is 1. The van der Waals surface area contributed by atoms with Crippen molar-refractivity contribution in [2.75, 3.05) is 44.2 Å². The Kier molecular flexibility index (Phi) is 8.37. The van der Waals surface area contributed by atoms with E-state index < -0.39 is 5.41 Å². The molecular formula is C38H40FN9O3. The van der Waals surface area contributed by atoms with Gasteiger partial charge in [-0.3, -0.25) is 24.3 Å². The first kappa shape index (κ1) is 32.8. The molecule has 8 rings (SSSR count). The second kappa shape index (κ2) is 13.0. The number of pyridine rings is 1. The highest BCUT2D eigenvalue weighted by molar-refractivity contribution is 6.03. The fourth-order valence-corrected chi connectivity index (χ4v) is 7.57. The SMILES string of the molecule is CC(C)Oc1ccc(-c2n[nH]c3ccc(N4CC[C@]5(CCN(CC(=O)N6CC=C(c7ccc(-c8ncn(C)n8)c(F)c7)CC6)C5)C4=O)cc23)cn1. The van der Waals surface area contributed by atoms with E-state index >= 15 is 0 Å². The Balaban J connectivity index is 0.894. The second-order valence-corrected chi connectivity index (χ2v) is 14.1. The normalized spacial score (nSPS) is 19.5. The largest absolute Gasteiger partial charge is 0.475 e. The first-order chi connectivity index (χ1) is 24.7. The summed E-state index contributed by atoms with van der Waals surface area (Å²) in [6.07, 6.45) is 7.46. The van der Waals surface area contributed by atoms with Crippen LogP contribution in [-0.4, -0.2) is 96.9 Å². The number of amides is 2. The van der Waals surface area contributed by atoms with Crippen molar-refractivity contribution in [2.24, 2.45) is 12.5 Å². The van der Waals surface area contributed by atoms with Crippen LogP contribution in [0.3, 0.4) is 0 Å². The van der Waals surface area contributed by atoms with Crippen LogP contribution >= 0.6 is 0 Å². The van der Waals surface area contributed by atoms with E-state index in [9.17, 15) is 14.0 Å². The minimum atomic E-state index is -0.499. The van der Waals surface area contributed by atoms with Crippen LogP contribution in [-0.2, 0) is 16.6 Å². The van der Waals surface area contributed by atoms with Gasteiger partial charge in [-0.25, -0.2) is 14.4 Å². The molecule has 2 fully saturated rings. The summed E-state index contributed by atoms with van der Waals surface area (Å²) in [6, 6.07) is 14.9. The van der Waals surface area contributed by atoms with Gasteiger partial charge in [0.25, 0.3) is 0 Å². The van der Waals surface area contributed by atoms with Gasteiger partial charge in [-0.05, 0) is 87.2 Å². The molecule has 51 heavy (non-hydrogen) atoms. The van der Waals surface area contributed by atoms with Crippen LogP contribution in [0.1, 0.15) is 38.7 Å². The second-order valence-electron chi connectivity index (χ2n) is 14.1. The molecule has 0 saturated carbocycles. The van der Waals surface area contributed by atoms with Crippen LogP contribution in [0.25, 0.3) is 39.1 Å². The summed E-state index contributed by atoms with van der Waals surface area (Å²) in [6.45, 7) is 7.12. The van der Waals surface area contributed by atoms with Gasteiger partial charge >= 0.3 is 0 Å². The molecule has 3 aliphatic heterocycles. The monoisotopic (exact) mass is 689 g/mol. The van der Waals surface area contributed by atoms with Crippen molar-refractivity contribution in [3.63, 3.8) is 0 Å². The number of rotatable bonds is 8. The number of ether oxygens (including phenoxy) is 1. The lowest BCUT2D eigenvalue weighted by Gasteiger charge is -2.29. The number of anilines is 1. The van der Waals surface area contributed by atoms with E-state index in [1.807, 2.05) is 66.1 Å². The average Bonchev–Trinajstić information content (AvgIpc) is 3.92. The third kappa shape index (κ3) is 6.26. The van der Waals surface area contributed by atoms with Crippen molar-refractivity contribution >= 4 is 34.0 Å². The highest BCUT2D eigenvalue weighted by atomic mass is 19.1. The zero-order valence-electron chi connectivity index (χ0n) is 29.0. The fraction of sp³-hybridized carbons (Fsp3) is 0.368. The van der Waals surface area contributed by atoms with E-state index in [0.29, 0.717) is 56.4 Å². The smallest absolute Gasteiger partial charge is 0.237 e. The number of halogens is 1. The molecular weight excluding hydrogens is 649 g/mol. The molecule has 0 radical (unpaired) electrons. The predicted octanol–water partition coefficient (Wildman–Crippen LogP) is 5.09. The van der Waals surface area contributed by atoms with Gasteiger partial charge in [-0.1, -0.05) is 12.1 Å². The van der Waals surface area contributed by atoms with Gasteiger partial charge < -0.3 is 14.5 Å². The van der Waals surface area contributed by atoms with Crippen molar-refractivity contribution in [2.45, 2.75) is 39.2 Å². The summed E-state index contributed by atoms with van der Waals surface area (Å²) in [4.78, 5) is 41.9. The molecule has 12 nitrogen and oxygen atoms in total. The molecule has 0 aliphatic carbocycles. The number of aryl methyl sites for hydroxylation is 1. The summed E-state index contributed by atoms with van der Waals surface area (Å²) in [5, 5.41) is 12.8. The minimum Gasteiger partial charge on any atom is -0.475 e. The number of nitrogens with one attached hydrogen (secondary N) is 1. The minimum absolute atomic E-state index is 0.0353. The Hall–Kier alpha value is -5.43. The first-order valence-electron chi connectivity index (χ1n) is 17.4. The molecule has 1 spiro atoms. The maximum Gasteiger partial charge on any atom is 0.237 e. The van der Waals surface area contributed by atoms with E-state index in [2.05, 4.69) is 30.2 Å². The highest BCUT2D eigenvalue weighted by Gasteiger charge is 2.51. The van der Waals surface area contributed by atoms with Gasteiger partial charge in [-0.2, -0.15) is 10.2 Å². The molecule has 6 heterocycles. The number of hydrogen-bond acceptors (Lipinski definition) is 8. The lowest BCUT2D eigenvalue weighted by atomic mass is 9.85. The zero-order chi connectivity index (χ0) is 35.3. The molecule has 1 atom stereocenters. The van der Waals surface area contributed by atoms with Gasteiger partial charge in [-0.15, -0.1) is 0 Å². The number of aromatic amines is 1. The molecule has 2 amide bonds. The Labute approximate surface area is 294 Å². The Morgan fingerprint density at radius 2 is 1.88 bits per heavy atom. The number of aromatic nitrogens is 6. The molecule has 1 N–H and O–H groups in total. The van der Waals surface area contributed by atoms with E-state index in [1.165, 1.54) is 6.07 Å². The maximum atomic E-state index is 15.0. The van der Waals surface area contributed by atoms with E-state index in [-0.39, 0.29) is 30.3 Å². The van der Waals surface area contributed by atoms with Crippen LogP contribution in [0, 0.1) is 11.2 Å². The Bertz CT molecular complexity index is 2160. The average molecular weight is 690 g/mol. The first-order valence-corrected chi connectivity index (χ1v) is 17.4. The molecule has 3 aromatic heterocycles. The number of fused-ring (bicyclic) bond motifs is 1. The number of carbonyl (C=O) groups excluding carboxylic acids is 2. The highest BCUT2D eigenvalue weighted by Crippen LogP contribution is 2.43. The van der Waals surface area contributed by atoms with Gasteiger partial charge in [0.2, 0.25) is 17.7 Å². The van der Waals surface area contributed by atoms with Crippen molar-refractivity contribution in [1.82, 2.24) is 39.7 Å². The van der Waals surface area contributed by atoms with E-state index in [4.69, 9.17) is 4.74 Å². The summed E-state index contributed by atoms with van der Waals surface area (Å²) in [7, 11) is 1.75. The fourth-order valence-electron chi connectivity index (χ4n) is 7.57. The van der Waals surface area contributed by atoms with Crippen molar-refractivity contribution < 1.29 is 18.7 Å². The molecule has 5 aromatic rings. The van der Waals surface area contributed by atoms with E-state index in [1.54, 1.807) is 30.3 Å². The van der Waals surface area contributed by atoms with Crippen LogP contribution in [0.15, 0.2) is 67.1 Å². The summed E-state index contributed by atoms with van der Waals surface area (Å²) >= 11 is 0. The predicted molar refractivity (Wildman–Crippen MR) is 191 cm³/mol. The molecule has 13 heteroatoms. The van der Waals surface area contributed by atoms with Gasteiger partial charge in [0.15, 0.2) is 5.82 Å². The molecule has 3 aliphatic rings. The topological polar surface area (TPSA) is 125 Å². The summed E-state index contributed by atoms with van der Waals surface area (Å²) < 4.78 is 22.2. The molecule has 0 unspecified atom stereocenters. The number of carbonyl (C=O) groups is 2. The van der Waals surface area contributed by atoms with Crippen molar-refractivity contribution in [3.8, 4) is 28.5 Å². The third-order valence-electron chi connectivity index (χ3n) is 10.3. The lowest BCUT2D eigenvalue weighted by Crippen LogP contribution is -2.43. The molecule has 2 saturated heterocycles. The maximum absolute atomic E-state index is 15.0. The number of benzene rings is 2. The molecule has 262 valence electrons. The lowest BCUT2D eigenvalue weighted by molar-refractivity contribution is -0.132.